The van der Waals surface area contributed by atoms with Crippen molar-refractivity contribution in [3.05, 3.63) is 29.8 Å². The van der Waals surface area contributed by atoms with Crippen molar-refractivity contribution in [3.8, 4) is 0 Å². The molecule has 0 saturated heterocycles. The van der Waals surface area contributed by atoms with Crippen molar-refractivity contribution in [2.24, 2.45) is 0 Å². The van der Waals surface area contributed by atoms with Crippen LogP contribution in [0.15, 0.2) is 29.2 Å². The number of likely N-dealkylation sites (N-methyl/N-ethyl adjacent to an activating group) is 1. The molecule has 5 heteroatoms. The van der Waals surface area contributed by atoms with Crippen LogP contribution < -0.4 is 4.72 Å². The molecule has 0 heterocycles. The van der Waals surface area contributed by atoms with Crippen molar-refractivity contribution in [3.63, 3.8) is 0 Å². The highest BCUT2D eigenvalue weighted by Gasteiger charge is 2.15. The van der Waals surface area contributed by atoms with E-state index in [1.165, 1.54) is 0 Å². The van der Waals surface area contributed by atoms with E-state index >= 15 is 0 Å². The fourth-order valence-electron chi connectivity index (χ4n) is 1.81. The van der Waals surface area contributed by atoms with Crippen LogP contribution in [0.25, 0.3) is 0 Å². The number of hydrogen-bond acceptors (Lipinski definition) is 3. The molecule has 102 valence electrons. The maximum absolute atomic E-state index is 12.1. The molecule has 4 nitrogen and oxygen atoms in total. The van der Waals surface area contributed by atoms with E-state index in [0.717, 1.165) is 25.2 Å². The first-order valence-electron chi connectivity index (χ1n) is 6.29. The van der Waals surface area contributed by atoms with Gasteiger partial charge >= 0.3 is 0 Å². The van der Waals surface area contributed by atoms with Gasteiger partial charge in [0, 0.05) is 13.1 Å². The van der Waals surface area contributed by atoms with Gasteiger partial charge in [0.1, 0.15) is 0 Å². The summed E-state index contributed by atoms with van der Waals surface area (Å²) in [6.45, 7) is 8.99. The van der Waals surface area contributed by atoms with Gasteiger partial charge in [-0.05, 0) is 31.6 Å². The van der Waals surface area contributed by atoms with Crippen molar-refractivity contribution in [2.75, 3.05) is 26.2 Å². The smallest absolute Gasteiger partial charge is 0.240 e. The van der Waals surface area contributed by atoms with Gasteiger partial charge in [0.15, 0.2) is 0 Å². The third-order valence-corrected chi connectivity index (χ3v) is 4.62. The van der Waals surface area contributed by atoms with Crippen LogP contribution in [0.3, 0.4) is 0 Å². The summed E-state index contributed by atoms with van der Waals surface area (Å²) in [6.07, 6.45) is 0. The second-order valence-electron chi connectivity index (χ2n) is 4.19. The summed E-state index contributed by atoms with van der Waals surface area (Å²) < 4.78 is 26.8. The highest BCUT2D eigenvalue weighted by atomic mass is 32.2. The van der Waals surface area contributed by atoms with Crippen LogP contribution >= 0.6 is 0 Å². The van der Waals surface area contributed by atoms with Crippen molar-refractivity contribution in [2.45, 2.75) is 25.7 Å². The Hall–Kier alpha value is -0.910. The molecule has 0 bridgehead atoms. The van der Waals surface area contributed by atoms with Crippen LogP contribution in [0.5, 0.6) is 0 Å². The average Bonchev–Trinajstić information content (AvgIpc) is 2.35. The SMILES string of the molecule is CCN(CC)CCNS(=O)(=O)c1ccccc1C. The standard InChI is InChI=1S/C13H22N2O2S/c1-4-15(5-2)11-10-14-18(16,17)13-9-7-6-8-12(13)3/h6-9,14H,4-5,10-11H2,1-3H3. The number of benzene rings is 1. The Balaban J connectivity index is 2.64. The Morgan fingerprint density at radius 2 is 1.78 bits per heavy atom. The van der Waals surface area contributed by atoms with Crippen LogP contribution in [0, 0.1) is 6.92 Å². The molecule has 0 saturated carbocycles. The zero-order chi connectivity index (χ0) is 13.6. The molecule has 1 aromatic carbocycles. The molecule has 0 spiro atoms. The molecule has 0 atom stereocenters. The Labute approximate surface area is 110 Å². The minimum Gasteiger partial charge on any atom is -0.303 e. The number of aryl methyl sites for hydroxylation is 1. The molecule has 0 aliphatic carbocycles. The fourth-order valence-corrected chi connectivity index (χ4v) is 3.08. The minimum absolute atomic E-state index is 0.365. The molecule has 0 aliphatic heterocycles. The Morgan fingerprint density at radius 3 is 2.33 bits per heavy atom. The van der Waals surface area contributed by atoms with E-state index in [2.05, 4.69) is 23.5 Å². The normalized spacial score (nSPS) is 12.0. The van der Waals surface area contributed by atoms with E-state index < -0.39 is 10.0 Å². The Bertz CT molecular complexity index is 468. The van der Waals surface area contributed by atoms with E-state index in [4.69, 9.17) is 0 Å². The van der Waals surface area contributed by atoms with E-state index in [-0.39, 0.29) is 0 Å². The summed E-state index contributed by atoms with van der Waals surface area (Å²) in [7, 11) is -3.38. The first-order chi connectivity index (χ1) is 8.51. The number of nitrogens with one attached hydrogen (secondary N) is 1. The second-order valence-corrected chi connectivity index (χ2v) is 5.93. The van der Waals surface area contributed by atoms with Crippen LogP contribution in [0.2, 0.25) is 0 Å². The summed E-state index contributed by atoms with van der Waals surface area (Å²) in [5, 5.41) is 0. The fraction of sp³-hybridized carbons (Fsp3) is 0.538. The molecular formula is C13H22N2O2S. The number of sulfonamides is 1. The lowest BCUT2D eigenvalue weighted by Crippen LogP contribution is -2.35. The van der Waals surface area contributed by atoms with Crippen molar-refractivity contribution < 1.29 is 8.42 Å². The Kier molecular flexibility index (Phi) is 5.78. The van der Waals surface area contributed by atoms with E-state index in [9.17, 15) is 8.42 Å². The molecule has 0 radical (unpaired) electrons. The largest absolute Gasteiger partial charge is 0.303 e. The summed E-state index contributed by atoms with van der Waals surface area (Å²) in [6, 6.07) is 7.02. The molecule has 0 unspecified atom stereocenters. The third kappa shape index (κ3) is 4.08. The van der Waals surface area contributed by atoms with Crippen molar-refractivity contribution in [1.82, 2.24) is 9.62 Å². The highest BCUT2D eigenvalue weighted by molar-refractivity contribution is 7.89. The zero-order valence-corrected chi connectivity index (χ0v) is 12.1. The first kappa shape index (κ1) is 15.1. The van der Waals surface area contributed by atoms with Gasteiger partial charge in [-0.3, -0.25) is 0 Å². The van der Waals surface area contributed by atoms with E-state index in [1.807, 2.05) is 6.07 Å². The number of hydrogen-bond donors (Lipinski definition) is 1. The van der Waals surface area contributed by atoms with Crippen LogP contribution in [0.1, 0.15) is 19.4 Å². The van der Waals surface area contributed by atoms with Crippen molar-refractivity contribution >= 4 is 10.0 Å². The van der Waals surface area contributed by atoms with Crippen LogP contribution in [-0.4, -0.2) is 39.5 Å². The monoisotopic (exact) mass is 270 g/mol. The first-order valence-corrected chi connectivity index (χ1v) is 7.77. The molecule has 1 N–H and O–H groups in total. The molecule has 0 amide bonds. The number of rotatable bonds is 7. The second kappa shape index (κ2) is 6.87. The van der Waals surface area contributed by atoms with Crippen molar-refractivity contribution in [1.29, 1.82) is 0 Å². The lowest BCUT2D eigenvalue weighted by Gasteiger charge is -2.18. The molecule has 0 aromatic heterocycles. The lowest BCUT2D eigenvalue weighted by molar-refractivity contribution is 0.309. The topological polar surface area (TPSA) is 49.4 Å². The lowest BCUT2D eigenvalue weighted by atomic mass is 10.2. The molecule has 1 rings (SSSR count). The molecule has 18 heavy (non-hydrogen) atoms. The molecule has 0 fully saturated rings. The summed E-state index contributed by atoms with van der Waals surface area (Å²) >= 11 is 0. The summed E-state index contributed by atoms with van der Waals surface area (Å²) in [5.74, 6) is 0. The molecule has 1 aromatic rings. The quantitative estimate of drug-likeness (QED) is 0.819. The van der Waals surface area contributed by atoms with Crippen LogP contribution in [0.4, 0.5) is 0 Å². The van der Waals surface area contributed by atoms with Gasteiger partial charge in [0.05, 0.1) is 4.90 Å². The van der Waals surface area contributed by atoms with E-state index in [0.29, 0.717) is 11.4 Å². The number of nitrogens with zero attached hydrogens (tertiary/aromatic N) is 1. The maximum Gasteiger partial charge on any atom is 0.240 e. The molecular weight excluding hydrogens is 248 g/mol. The predicted molar refractivity (Wildman–Crippen MR) is 74.2 cm³/mol. The van der Waals surface area contributed by atoms with Gasteiger partial charge in [0.2, 0.25) is 10.0 Å². The average molecular weight is 270 g/mol. The third-order valence-electron chi connectivity index (χ3n) is 3.00. The predicted octanol–water partition coefficient (Wildman–Crippen LogP) is 1.62. The Morgan fingerprint density at radius 1 is 1.17 bits per heavy atom. The van der Waals surface area contributed by atoms with E-state index in [1.54, 1.807) is 25.1 Å². The van der Waals surface area contributed by atoms with Crippen LogP contribution in [-0.2, 0) is 10.0 Å². The van der Waals surface area contributed by atoms with Gasteiger partial charge in [-0.1, -0.05) is 32.0 Å². The summed E-state index contributed by atoms with van der Waals surface area (Å²) in [4.78, 5) is 2.55. The maximum atomic E-state index is 12.1. The molecule has 0 aliphatic rings. The van der Waals surface area contributed by atoms with Gasteiger partial charge in [-0.2, -0.15) is 0 Å². The van der Waals surface area contributed by atoms with Gasteiger partial charge in [-0.15, -0.1) is 0 Å². The van der Waals surface area contributed by atoms with Gasteiger partial charge in [0.25, 0.3) is 0 Å². The zero-order valence-electron chi connectivity index (χ0n) is 11.3. The van der Waals surface area contributed by atoms with Gasteiger partial charge < -0.3 is 4.90 Å². The van der Waals surface area contributed by atoms with Gasteiger partial charge in [-0.25, -0.2) is 13.1 Å². The highest BCUT2D eigenvalue weighted by Crippen LogP contribution is 2.13. The minimum atomic E-state index is -3.38. The summed E-state index contributed by atoms with van der Waals surface area (Å²) in [5.41, 5.74) is 0.771.